The summed E-state index contributed by atoms with van der Waals surface area (Å²) in [6, 6.07) is 22.1. The second kappa shape index (κ2) is 14.3. The summed E-state index contributed by atoms with van der Waals surface area (Å²) in [5.74, 6) is 0.644. The van der Waals surface area contributed by atoms with E-state index in [0.29, 0.717) is 11.5 Å². The van der Waals surface area contributed by atoms with Crippen molar-refractivity contribution in [1.29, 1.82) is 0 Å². The lowest BCUT2D eigenvalue weighted by Gasteiger charge is -2.10. The van der Waals surface area contributed by atoms with Crippen LogP contribution in [0.3, 0.4) is 0 Å². The smallest absolute Gasteiger partial charge is 0.115 e. The van der Waals surface area contributed by atoms with E-state index in [0.717, 1.165) is 6.42 Å². The van der Waals surface area contributed by atoms with Gasteiger partial charge in [-0.2, -0.15) is 0 Å². The van der Waals surface area contributed by atoms with Gasteiger partial charge in [-0.05, 0) is 73.2 Å². The first-order valence-electron chi connectivity index (χ1n) is 9.54. The van der Waals surface area contributed by atoms with Crippen LogP contribution in [-0.4, -0.2) is 10.2 Å². The third-order valence-corrected chi connectivity index (χ3v) is 4.21. The Balaban J connectivity index is 0.000000414. The molecule has 3 aromatic carbocycles. The first kappa shape index (κ1) is 25.3. The Morgan fingerprint density at radius 1 is 0.643 bits per heavy atom. The maximum atomic E-state index is 8.63. The fraction of sp³-hybridized carbons (Fsp3) is 0.308. The number of aryl methyl sites for hydroxylation is 4. The molecule has 2 heteroatoms. The molecule has 28 heavy (non-hydrogen) atoms. The molecule has 0 radical (unpaired) electrons. The number of phenols is 2. The summed E-state index contributed by atoms with van der Waals surface area (Å²) in [6.45, 7) is 8.90. The van der Waals surface area contributed by atoms with E-state index in [4.69, 9.17) is 10.2 Å². The lowest BCUT2D eigenvalue weighted by atomic mass is 9.96. The Labute approximate surface area is 171 Å². The normalized spacial score (nSPS) is 9.14. The SMILES string of the molecule is C.CCCc1cc(CC)c(C)cc1C.Oc1ccccc1.Oc1ccccc1. The van der Waals surface area contributed by atoms with Crippen molar-refractivity contribution in [1.82, 2.24) is 0 Å². The molecule has 0 heterocycles. The molecule has 0 bridgehead atoms. The molecule has 0 atom stereocenters. The second-order valence-electron chi connectivity index (χ2n) is 6.48. The average molecular weight is 381 g/mol. The molecule has 3 rings (SSSR count). The number of hydrogen-bond acceptors (Lipinski definition) is 2. The van der Waals surface area contributed by atoms with E-state index in [9.17, 15) is 0 Å². The molecule has 0 spiro atoms. The molecule has 2 nitrogen and oxygen atoms in total. The largest absolute Gasteiger partial charge is 0.508 e. The van der Waals surface area contributed by atoms with E-state index in [1.54, 1.807) is 48.5 Å². The van der Waals surface area contributed by atoms with E-state index in [1.165, 1.54) is 35.1 Å². The van der Waals surface area contributed by atoms with Gasteiger partial charge in [0.05, 0.1) is 0 Å². The highest BCUT2D eigenvalue weighted by atomic mass is 16.3. The van der Waals surface area contributed by atoms with Crippen molar-refractivity contribution in [2.24, 2.45) is 0 Å². The minimum absolute atomic E-state index is 0. The van der Waals surface area contributed by atoms with Crippen LogP contribution < -0.4 is 0 Å². The summed E-state index contributed by atoms with van der Waals surface area (Å²) in [7, 11) is 0. The fourth-order valence-electron chi connectivity index (χ4n) is 2.72. The van der Waals surface area contributed by atoms with Gasteiger partial charge < -0.3 is 10.2 Å². The van der Waals surface area contributed by atoms with Gasteiger partial charge in [-0.15, -0.1) is 0 Å². The zero-order chi connectivity index (χ0) is 20.1. The Morgan fingerprint density at radius 2 is 1.07 bits per heavy atom. The van der Waals surface area contributed by atoms with Gasteiger partial charge in [0, 0.05) is 0 Å². The molecule has 0 aromatic heterocycles. The topological polar surface area (TPSA) is 40.5 Å². The number of benzene rings is 3. The molecule has 0 saturated heterocycles. The Hall–Kier alpha value is -2.74. The van der Waals surface area contributed by atoms with Gasteiger partial charge in [0.2, 0.25) is 0 Å². The van der Waals surface area contributed by atoms with Crippen molar-refractivity contribution in [3.63, 3.8) is 0 Å². The van der Waals surface area contributed by atoms with Gasteiger partial charge in [0.1, 0.15) is 11.5 Å². The van der Waals surface area contributed by atoms with Crippen LogP contribution in [0.4, 0.5) is 0 Å². The number of rotatable bonds is 3. The van der Waals surface area contributed by atoms with Crippen molar-refractivity contribution < 1.29 is 10.2 Å². The first-order valence-corrected chi connectivity index (χ1v) is 9.54. The highest BCUT2D eigenvalue weighted by Gasteiger charge is 2.02. The molecule has 2 N–H and O–H groups in total. The minimum atomic E-state index is 0. The predicted molar refractivity (Wildman–Crippen MR) is 122 cm³/mol. The number of aromatic hydroxyl groups is 2. The summed E-state index contributed by atoms with van der Waals surface area (Å²) >= 11 is 0. The van der Waals surface area contributed by atoms with Crippen molar-refractivity contribution >= 4 is 0 Å². The van der Waals surface area contributed by atoms with Crippen LogP contribution in [-0.2, 0) is 12.8 Å². The number of phenolic OH excluding ortho intramolecular Hbond substituents is 2. The highest BCUT2D eigenvalue weighted by molar-refractivity contribution is 5.37. The van der Waals surface area contributed by atoms with Crippen LogP contribution in [0.1, 0.15) is 49.9 Å². The molecule has 0 saturated carbocycles. The third kappa shape index (κ3) is 9.82. The molecule has 0 aliphatic carbocycles. The fourth-order valence-corrected chi connectivity index (χ4v) is 2.72. The van der Waals surface area contributed by atoms with Gasteiger partial charge in [0.15, 0.2) is 0 Å². The maximum absolute atomic E-state index is 8.63. The van der Waals surface area contributed by atoms with Crippen molar-refractivity contribution in [3.05, 3.63) is 95.1 Å². The molecule has 152 valence electrons. The molecule has 0 aliphatic heterocycles. The van der Waals surface area contributed by atoms with Crippen LogP contribution in [0.25, 0.3) is 0 Å². The molecule has 0 fully saturated rings. The monoisotopic (exact) mass is 380 g/mol. The van der Waals surface area contributed by atoms with Crippen LogP contribution >= 0.6 is 0 Å². The summed E-state index contributed by atoms with van der Waals surface area (Å²) in [5, 5.41) is 17.3. The van der Waals surface area contributed by atoms with E-state index in [1.807, 2.05) is 12.1 Å². The molecule has 0 aliphatic rings. The summed E-state index contributed by atoms with van der Waals surface area (Å²) < 4.78 is 0. The van der Waals surface area contributed by atoms with Gasteiger partial charge in [-0.3, -0.25) is 0 Å². The summed E-state index contributed by atoms with van der Waals surface area (Å²) in [4.78, 5) is 0. The van der Waals surface area contributed by atoms with Gasteiger partial charge >= 0.3 is 0 Å². The van der Waals surface area contributed by atoms with Gasteiger partial charge in [0.25, 0.3) is 0 Å². The Morgan fingerprint density at radius 3 is 1.39 bits per heavy atom. The standard InChI is InChI=1S/C13H20.2C6H6O.CH4/c1-5-7-13-9-12(6-2)10(3)8-11(13)4;2*7-6-4-2-1-3-5-6;/h8-9H,5-7H2,1-4H3;2*1-5,7H;1H4. The summed E-state index contributed by atoms with van der Waals surface area (Å²) in [5.41, 5.74) is 5.94. The number of hydrogen-bond donors (Lipinski definition) is 2. The van der Waals surface area contributed by atoms with Gasteiger partial charge in [-0.1, -0.05) is 76.2 Å². The molecular formula is C26H36O2. The maximum Gasteiger partial charge on any atom is 0.115 e. The van der Waals surface area contributed by atoms with E-state index >= 15 is 0 Å². The van der Waals surface area contributed by atoms with Crippen LogP contribution in [0.2, 0.25) is 0 Å². The third-order valence-electron chi connectivity index (χ3n) is 4.21. The first-order chi connectivity index (χ1) is 13.0. The average Bonchev–Trinajstić information content (AvgIpc) is 2.66. The van der Waals surface area contributed by atoms with Gasteiger partial charge in [-0.25, -0.2) is 0 Å². The zero-order valence-corrected chi connectivity index (χ0v) is 16.9. The van der Waals surface area contributed by atoms with E-state index in [2.05, 4.69) is 39.8 Å². The highest BCUT2D eigenvalue weighted by Crippen LogP contribution is 2.17. The van der Waals surface area contributed by atoms with E-state index in [-0.39, 0.29) is 7.43 Å². The van der Waals surface area contributed by atoms with Crippen LogP contribution in [0.5, 0.6) is 11.5 Å². The Kier molecular flexibility index (Phi) is 12.9. The van der Waals surface area contributed by atoms with E-state index < -0.39 is 0 Å². The molecule has 0 amide bonds. The lowest BCUT2D eigenvalue weighted by Crippen LogP contribution is -1.94. The van der Waals surface area contributed by atoms with Crippen molar-refractivity contribution in [2.45, 2.75) is 54.4 Å². The van der Waals surface area contributed by atoms with Crippen molar-refractivity contribution in [2.75, 3.05) is 0 Å². The molecule has 0 unspecified atom stereocenters. The van der Waals surface area contributed by atoms with Crippen LogP contribution in [0.15, 0.2) is 72.8 Å². The van der Waals surface area contributed by atoms with Crippen LogP contribution in [0, 0.1) is 13.8 Å². The number of para-hydroxylation sites is 2. The minimum Gasteiger partial charge on any atom is -0.508 e. The molecular weight excluding hydrogens is 344 g/mol. The Bertz CT molecular complexity index is 728. The summed E-state index contributed by atoms with van der Waals surface area (Å²) in [6.07, 6.45) is 3.62. The quantitative estimate of drug-likeness (QED) is 0.503. The second-order valence-corrected chi connectivity index (χ2v) is 6.48. The lowest BCUT2D eigenvalue weighted by molar-refractivity contribution is 0.475. The predicted octanol–water partition coefficient (Wildman–Crippen LogP) is 7.24. The zero-order valence-electron chi connectivity index (χ0n) is 16.9. The van der Waals surface area contributed by atoms with Crippen molar-refractivity contribution in [3.8, 4) is 11.5 Å². The molecule has 3 aromatic rings.